The van der Waals surface area contributed by atoms with Gasteiger partial charge < -0.3 is 5.11 Å². The molecule has 0 bridgehead atoms. The molecule has 1 unspecified atom stereocenters. The maximum atomic E-state index is 11.0. The van der Waals surface area contributed by atoms with Crippen molar-refractivity contribution in [3.8, 4) is 0 Å². The van der Waals surface area contributed by atoms with E-state index < -0.39 is 6.10 Å². The second-order valence-corrected chi connectivity index (χ2v) is 7.29. The number of hydrogen-bond acceptors (Lipinski definition) is 1. The summed E-state index contributed by atoms with van der Waals surface area (Å²) in [6, 6.07) is 20.8. The molecule has 0 spiro atoms. The molecule has 23 heavy (non-hydrogen) atoms. The van der Waals surface area contributed by atoms with E-state index in [1.165, 1.54) is 10.9 Å². The van der Waals surface area contributed by atoms with Gasteiger partial charge in [-0.2, -0.15) is 0 Å². The minimum Gasteiger partial charge on any atom is -0.384 e. The van der Waals surface area contributed by atoms with Crippen molar-refractivity contribution in [2.24, 2.45) is 0 Å². The Morgan fingerprint density at radius 1 is 0.826 bits per heavy atom. The molecule has 0 radical (unpaired) electrons. The Balaban J connectivity index is 2.07. The molecule has 1 N–H and O–H groups in total. The lowest BCUT2D eigenvalue weighted by atomic mass is 9.85. The minimum absolute atomic E-state index is 0.124. The molecule has 3 aromatic carbocycles. The van der Waals surface area contributed by atoms with Gasteiger partial charge in [0, 0.05) is 0 Å². The first kappa shape index (κ1) is 15.8. The third kappa shape index (κ3) is 3.02. The van der Waals surface area contributed by atoms with Gasteiger partial charge in [0.15, 0.2) is 0 Å². The molecule has 0 fully saturated rings. The van der Waals surface area contributed by atoms with Crippen LogP contribution in [0.2, 0.25) is 0 Å². The van der Waals surface area contributed by atoms with Gasteiger partial charge in [-0.25, -0.2) is 0 Å². The van der Waals surface area contributed by atoms with Crippen LogP contribution in [-0.4, -0.2) is 5.11 Å². The van der Waals surface area contributed by atoms with Crippen molar-refractivity contribution in [2.45, 2.75) is 39.2 Å². The van der Waals surface area contributed by atoms with E-state index >= 15 is 0 Å². The van der Waals surface area contributed by atoms with Gasteiger partial charge in [0.2, 0.25) is 0 Å². The van der Waals surface area contributed by atoms with Gasteiger partial charge in [-0.05, 0) is 45.4 Å². The van der Waals surface area contributed by atoms with E-state index in [0.717, 1.165) is 22.1 Å². The van der Waals surface area contributed by atoms with Gasteiger partial charge in [-0.1, -0.05) is 81.4 Å². The molecule has 3 aromatic rings. The second-order valence-electron chi connectivity index (χ2n) is 7.29. The zero-order valence-corrected chi connectivity index (χ0v) is 14.3. The first-order valence-electron chi connectivity index (χ1n) is 8.14. The number of aliphatic hydroxyl groups excluding tert-OH is 1. The summed E-state index contributed by atoms with van der Waals surface area (Å²) in [6.45, 7) is 8.67. The number of hydrogen-bond donors (Lipinski definition) is 1. The fourth-order valence-electron chi connectivity index (χ4n) is 3.10. The molecule has 0 aliphatic rings. The number of aryl methyl sites for hydroxylation is 1. The highest BCUT2D eigenvalue weighted by Crippen LogP contribution is 2.32. The van der Waals surface area contributed by atoms with Crippen LogP contribution in [0.4, 0.5) is 0 Å². The van der Waals surface area contributed by atoms with Crippen molar-refractivity contribution in [2.75, 3.05) is 0 Å². The molecule has 1 nitrogen and oxygen atoms in total. The Labute approximate surface area is 138 Å². The van der Waals surface area contributed by atoms with Gasteiger partial charge in [-0.3, -0.25) is 0 Å². The van der Waals surface area contributed by atoms with Gasteiger partial charge in [0.25, 0.3) is 0 Å². The molecule has 0 aromatic heterocycles. The Kier molecular flexibility index (Phi) is 3.99. The minimum atomic E-state index is -0.602. The van der Waals surface area contributed by atoms with Crippen molar-refractivity contribution in [3.63, 3.8) is 0 Å². The van der Waals surface area contributed by atoms with E-state index in [1.54, 1.807) is 0 Å². The summed E-state index contributed by atoms with van der Waals surface area (Å²) < 4.78 is 0. The average Bonchev–Trinajstić information content (AvgIpc) is 2.53. The summed E-state index contributed by atoms with van der Waals surface area (Å²) in [4.78, 5) is 0. The van der Waals surface area contributed by atoms with E-state index in [4.69, 9.17) is 0 Å². The van der Waals surface area contributed by atoms with Crippen molar-refractivity contribution in [1.82, 2.24) is 0 Å². The van der Waals surface area contributed by atoms with Crippen molar-refractivity contribution < 1.29 is 5.11 Å². The lowest BCUT2D eigenvalue weighted by molar-refractivity contribution is 0.221. The maximum absolute atomic E-state index is 11.0. The van der Waals surface area contributed by atoms with Crippen LogP contribution in [0, 0.1) is 6.92 Å². The molecule has 0 saturated heterocycles. The molecule has 0 heterocycles. The summed E-state index contributed by atoms with van der Waals surface area (Å²) in [6.07, 6.45) is -0.602. The topological polar surface area (TPSA) is 20.2 Å². The number of fused-ring (bicyclic) bond motifs is 1. The highest BCUT2D eigenvalue weighted by atomic mass is 16.3. The summed E-state index contributed by atoms with van der Waals surface area (Å²) in [7, 11) is 0. The van der Waals surface area contributed by atoms with Gasteiger partial charge in [0.1, 0.15) is 6.10 Å². The predicted molar refractivity (Wildman–Crippen MR) is 97.9 cm³/mol. The smallest absolute Gasteiger partial charge is 0.105 e. The van der Waals surface area contributed by atoms with Crippen LogP contribution in [0.3, 0.4) is 0 Å². The molecule has 118 valence electrons. The van der Waals surface area contributed by atoms with Crippen LogP contribution < -0.4 is 0 Å². The van der Waals surface area contributed by atoms with Crippen LogP contribution in [-0.2, 0) is 5.41 Å². The van der Waals surface area contributed by atoms with Gasteiger partial charge in [-0.15, -0.1) is 0 Å². The normalized spacial score (nSPS) is 13.3. The molecule has 3 rings (SSSR count). The van der Waals surface area contributed by atoms with Crippen LogP contribution in [0.5, 0.6) is 0 Å². The standard InChI is InChI=1S/C22H24O/c1-15-9-10-16-7-5-6-8-19(16)20(15)21(23)17-11-13-18(14-12-17)22(2,3)4/h5-14,21,23H,1-4H3. The number of aliphatic hydroxyl groups is 1. The molecule has 0 aliphatic carbocycles. The largest absolute Gasteiger partial charge is 0.384 e. The third-order valence-electron chi connectivity index (χ3n) is 4.55. The molecule has 1 heteroatoms. The average molecular weight is 304 g/mol. The molecule has 0 aliphatic heterocycles. The Bertz CT molecular complexity index is 823. The van der Waals surface area contributed by atoms with Gasteiger partial charge >= 0.3 is 0 Å². The first-order chi connectivity index (χ1) is 10.9. The van der Waals surface area contributed by atoms with Crippen molar-refractivity contribution >= 4 is 10.8 Å². The summed E-state index contributed by atoms with van der Waals surface area (Å²) in [5, 5.41) is 13.3. The summed E-state index contributed by atoms with van der Waals surface area (Å²) in [5.74, 6) is 0. The molecule has 0 saturated carbocycles. The number of rotatable bonds is 2. The van der Waals surface area contributed by atoms with Crippen molar-refractivity contribution in [3.05, 3.63) is 82.9 Å². The van der Waals surface area contributed by atoms with Gasteiger partial charge in [0.05, 0.1) is 0 Å². The monoisotopic (exact) mass is 304 g/mol. The fraction of sp³-hybridized carbons (Fsp3) is 0.273. The Hall–Kier alpha value is -2.12. The lowest BCUT2D eigenvalue weighted by Crippen LogP contribution is -2.11. The second kappa shape index (κ2) is 5.82. The summed E-state index contributed by atoms with van der Waals surface area (Å²) >= 11 is 0. The van der Waals surface area contributed by atoms with Crippen LogP contribution in [0.15, 0.2) is 60.7 Å². The van der Waals surface area contributed by atoms with E-state index in [0.29, 0.717) is 0 Å². The fourth-order valence-corrected chi connectivity index (χ4v) is 3.10. The Morgan fingerprint density at radius 3 is 2.13 bits per heavy atom. The number of benzene rings is 3. The van der Waals surface area contributed by atoms with E-state index in [-0.39, 0.29) is 5.41 Å². The SMILES string of the molecule is Cc1ccc2ccccc2c1C(O)c1ccc(C(C)(C)C)cc1. The predicted octanol–water partition coefficient (Wildman–Crippen LogP) is 5.53. The summed E-state index contributed by atoms with van der Waals surface area (Å²) in [5.41, 5.74) is 4.47. The zero-order chi connectivity index (χ0) is 16.6. The highest BCUT2D eigenvalue weighted by molar-refractivity contribution is 5.87. The Morgan fingerprint density at radius 2 is 1.48 bits per heavy atom. The van der Waals surface area contributed by atoms with E-state index in [1.807, 2.05) is 24.3 Å². The van der Waals surface area contributed by atoms with E-state index in [9.17, 15) is 5.11 Å². The van der Waals surface area contributed by atoms with Crippen LogP contribution >= 0.6 is 0 Å². The molecule has 0 amide bonds. The molecule has 1 atom stereocenters. The zero-order valence-electron chi connectivity index (χ0n) is 14.3. The maximum Gasteiger partial charge on any atom is 0.105 e. The first-order valence-corrected chi connectivity index (χ1v) is 8.14. The molecular weight excluding hydrogens is 280 g/mol. The third-order valence-corrected chi connectivity index (χ3v) is 4.55. The van der Waals surface area contributed by atoms with Crippen LogP contribution in [0.1, 0.15) is 49.1 Å². The quantitative estimate of drug-likeness (QED) is 0.660. The van der Waals surface area contributed by atoms with Crippen molar-refractivity contribution in [1.29, 1.82) is 0 Å². The highest BCUT2D eigenvalue weighted by Gasteiger charge is 2.18. The molecular formula is C22H24O. The lowest BCUT2D eigenvalue weighted by Gasteiger charge is -2.21. The van der Waals surface area contributed by atoms with E-state index in [2.05, 4.69) is 64.1 Å². The van der Waals surface area contributed by atoms with Crippen LogP contribution in [0.25, 0.3) is 10.8 Å².